The third kappa shape index (κ3) is 2.96. The number of nitrogens with zero attached hydrogens (tertiary/aromatic N) is 1. The number of rotatable bonds is 3. The van der Waals surface area contributed by atoms with Crippen LogP contribution < -0.4 is 10.8 Å². The van der Waals surface area contributed by atoms with Crippen molar-refractivity contribution in [1.82, 2.24) is 4.98 Å². The van der Waals surface area contributed by atoms with Gasteiger partial charge in [0.2, 0.25) is 0 Å². The van der Waals surface area contributed by atoms with Gasteiger partial charge < -0.3 is 15.4 Å². The molecule has 19 heavy (non-hydrogen) atoms. The number of amides is 1. The third-order valence-electron chi connectivity index (χ3n) is 2.46. The molecule has 1 aromatic carbocycles. The van der Waals surface area contributed by atoms with Gasteiger partial charge in [-0.15, -0.1) is 0 Å². The topological polar surface area (TPSA) is 82.5 Å². The van der Waals surface area contributed by atoms with E-state index in [9.17, 15) is 9.18 Å². The molecule has 0 radical (unpaired) electrons. The molecular formula is C12H10BFN2O3. The second-order valence-corrected chi connectivity index (χ2v) is 3.75. The van der Waals surface area contributed by atoms with Gasteiger partial charge in [0, 0.05) is 11.7 Å². The van der Waals surface area contributed by atoms with Crippen molar-refractivity contribution < 1.29 is 19.2 Å². The van der Waals surface area contributed by atoms with Crippen molar-refractivity contribution in [2.24, 2.45) is 0 Å². The molecule has 0 aliphatic carbocycles. The summed E-state index contributed by atoms with van der Waals surface area (Å²) >= 11 is 0. The highest BCUT2D eigenvalue weighted by Crippen LogP contribution is 2.09. The van der Waals surface area contributed by atoms with E-state index < -0.39 is 18.8 Å². The second kappa shape index (κ2) is 5.60. The van der Waals surface area contributed by atoms with Gasteiger partial charge in [-0.3, -0.25) is 4.79 Å². The van der Waals surface area contributed by atoms with Crippen molar-refractivity contribution in [3.05, 3.63) is 54.0 Å². The Morgan fingerprint density at radius 3 is 2.63 bits per heavy atom. The van der Waals surface area contributed by atoms with Crippen molar-refractivity contribution in [3.63, 3.8) is 0 Å². The molecule has 0 saturated heterocycles. The number of aromatic nitrogens is 1. The Balaban J connectivity index is 2.27. The van der Waals surface area contributed by atoms with Crippen LogP contribution >= 0.6 is 0 Å². The maximum atomic E-state index is 13.9. The van der Waals surface area contributed by atoms with Crippen LogP contribution in [-0.2, 0) is 0 Å². The van der Waals surface area contributed by atoms with Crippen LogP contribution in [0.3, 0.4) is 0 Å². The van der Waals surface area contributed by atoms with Crippen LogP contribution in [0.2, 0.25) is 0 Å². The van der Waals surface area contributed by atoms with Gasteiger partial charge in [-0.2, -0.15) is 0 Å². The summed E-state index contributed by atoms with van der Waals surface area (Å²) in [5, 5.41) is 20.4. The van der Waals surface area contributed by atoms with Crippen LogP contribution in [0.5, 0.6) is 0 Å². The fourth-order valence-corrected chi connectivity index (χ4v) is 1.54. The smallest absolute Gasteiger partial charge is 0.423 e. The van der Waals surface area contributed by atoms with Crippen LogP contribution in [0.1, 0.15) is 10.4 Å². The molecule has 0 fully saturated rings. The van der Waals surface area contributed by atoms with Crippen LogP contribution in [0.25, 0.3) is 0 Å². The second-order valence-electron chi connectivity index (χ2n) is 3.75. The number of hydrogen-bond acceptors (Lipinski definition) is 4. The van der Waals surface area contributed by atoms with Crippen molar-refractivity contribution in [1.29, 1.82) is 0 Å². The molecule has 7 heteroatoms. The molecule has 1 amide bonds. The monoisotopic (exact) mass is 260 g/mol. The van der Waals surface area contributed by atoms with E-state index in [0.29, 0.717) is 0 Å². The summed E-state index contributed by atoms with van der Waals surface area (Å²) in [4.78, 5) is 15.7. The van der Waals surface area contributed by atoms with E-state index in [0.717, 1.165) is 0 Å². The molecule has 1 heterocycles. The summed E-state index contributed by atoms with van der Waals surface area (Å²) < 4.78 is 13.9. The van der Waals surface area contributed by atoms with Crippen LogP contribution in [-0.4, -0.2) is 28.1 Å². The Labute approximate surface area is 108 Å². The van der Waals surface area contributed by atoms with E-state index in [1.165, 1.54) is 24.4 Å². The van der Waals surface area contributed by atoms with Gasteiger partial charge in [-0.05, 0) is 18.2 Å². The third-order valence-corrected chi connectivity index (χ3v) is 2.46. The quantitative estimate of drug-likeness (QED) is 0.686. The summed E-state index contributed by atoms with van der Waals surface area (Å²) in [6.07, 6.45) is 1.49. The Morgan fingerprint density at radius 1 is 1.21 bits per heavy atom. The number of nitrogens with one attached hydrogen (secondary N) is 1. The van der Waals surface area contributed by atoms with E-state index in [2.05, 4.69) is 10.3 Å². The molecule has 0 aliphatic heterocycles. The highest BCUT2D eigenvalue weighted by molar-refractivity contribution is 6.58. The van der Waals surface area contributed by atoms with E-state index in [4.69, 9.17) is 10.0 Å². The molecule has 0 atom stereocenters. The minimum atomic E-state index is -1.97. The van der Waals surface area contributed by atoms with Crippen LogP contribution in [0, 0.1) is 5.82 Å². The average molecular weight is 260 g/mol. The first kappa shape index (κ1) is 13.2. The molecular weight excluding hydrogens is 250 g/mol. The number of hydrogen-bond donors (Lipinski definition) is 3. The molecule has 1 aromatic heterocycles. The zero-order valence-electron chi connectivity index (χ0n) is 9.75. The van der Waals surface area contributed by atoms with Gasteiger partial charge in [0.25, 0.3) is 5.91 Å². The van der Waals surface area contributed by atoms with Gasteiger partial charge in [0.15, 0.2) is 0 Å². The molecule has 3 N–H and O–H groups in total. The molecule has 2 rings (SSSR count). The van der Waals surface area contributed by atoms with Gasteiger partial charge in [-0.25, -0.2) is 9.37 Å². The van der Waals surface area contributed by atoms with Crippen molar-refractivity contribution in [2.45, 2.75) is 0 Å². The number of halogens is 1. The molecule has 0 aliphatic rings. The van der Waals surface area contributed by atoms with E-state index in [1.807, 2.05) is 0 Å². The highest BCUT2D eigenvalue weighted by Gasteiger charge is 2.21. The molecule has 96 valence electrons. The van der Waals surface area contributed by atoms with Gasteiger partial charge in [0.1, 0.15) is 11.6 Å². The molecule has 0 saturated carbocycles. The summed E-state index contributed by atoms with van der Waals surface area (Å²) in [6, 6.07) is 8.72. The lowest BCUT2D eigenvalue weighted by Gasteiger charge is -2.08. The number of benzene rings is 1. The molecule has 5 nitrogen and oxygen atoms in total. The maximum absolute atomic E-state index is 13.9. The van der Waals surface area contributed by atoms with Crippen molar-refractivity contribution >= 4 is 24.3 Å². The predicted molar refractivity (Wildman–Crippen MR) is 68.4 cm³/mol. The zero-order valence-corrected chi connectivity index (χ0v) is 9.75. The molecule has 0 unspecified atom stereocenters. The first-order chi connectivity index (χ1) is 9.09. The summed E-state index contributed by atoms with van der Waals surface area (Å²) in [5.41, 5.74) is -0.634. The van der Waals surface area contributed by atoms with Gasteiger partial charge in [-0.1, -0.05) is 18.2 Å². The van der Waals surface area contributed by atoms with E-state index in [-0.39, 0.29) is 16.8 Å². The van der Waals surface area contributed by atoms with Crippen molar-refractivity contribution in [2.75, 3.05) is 5.32 Å². The minimum Gasteiger partial charge on any atom is -0.423 e. The normalized spacial score (nSPS) is 10.1. The standard InChI is InChI=1S/C12H10BFN2O3/c14-11-8(4-3-5-9(11)13(18)19)12(17)16-10-6-1-2-7-15-10/h1-7,18-19H,(H,15,16,17). The van der Waals surface area contributed by atoms with E-state index in [1.54, 1.807) is 18.2 Å². The minimum absolute atomic E-state index is 0.279. The van der Waals surface area contributed by atoms with Gasteiger partial charge in [0.05, 0.1) is 5.56 Å². The highest BCUT2D eigenvalue weighted by atomic mass is 19.1. The first-order valence-corrected chi connectivity index (χ1v) is 5.46. The SMILES string of the molecule is O=C(Nc1ccccn1)c1cccc(B(O)O)c1F. The summed E-state index contributed by atoms with van der Waals surface area (Å²) in [5.74, 6) is -1.40. The summed E-state index contributed by atoms with van der Waals surface area (Å²) in [7, 11) is -1.97. The lowest BCUT2D eigenvalue weighted by Crippen LogP contribution is -2.34. The number of anilines is 1. The fraction of sp³-hybridized carbons (Fsp3) is 0. The largest absolute Gasteiger partial charge is 0.491 e. The predicted octanol–water partition coefficient (Wildman–Crippen LogP) is 0.153. The zero-order chi connectivity index (χ0) is 13.8. The van der Waals surface area contributed by atoms with Crippen LogP contribution in [0.4, 0.5) is 10.2 Å². The Kier molecular flexibility index (Phi) is 3.89. The van der Waals surface area contributed by atoms with E-state index >= 15 is 0 Å². The number of pyridine rings is 1. The maximum Gasteiger partial charge on any atom is 0.491 e. The number of carbonyl (C=O) groups excluding carboxylic acids is 1. The summed E-state index contributed by atoms with van der Waals surface area (Å²) in [6.45, 7) is 0. The average Bonchev–Trinajstić information content (AvgIpc) is 2.39. The number of carbonyl (C=O) groups is 1. The molecule has 2 aromatic rings. The van der Waals surface area contributed by atoms with Crippen LogP contribution in [0.15, 0.2) is 42.6 Å². The Bertz CT molecular complexity index is 593. The Hall–Kier alpha value is -2.25. The molecule has 0 bridgehead atoms. The lowest BCUT2D eigenvalue weighted by molar-refractivity contribution is 0.102. The van der Waals surface area contributed by atoms with Gasteiger partial charge >= 0.3 is 7.12 Å². The fourth-order valence-electron chi connectivity index (χ4n) is 1.54. The lowest BCUT2D eigenvalue weighted by atomic mass is 9.79. The first-order valence-electron chi connectivity index (χ1n) is 5.46. The van der Waals surface area contributed by atoms with Crippen molar-refractivity contribution in [3.8, 4) is 0 Å². The Morgan fingerprint density at radius 2 is 2.00 bits per heavy atom. The molecule has 0 spiro atoms.